The molecule has 1 aromatic heterocycles. The van der Waals surface area contributed by atoms with Crippen molar-refractivity contribution in [3.63, 3.8) is 0 Å². The zero-order chi connectivity index (χ0) is 12.3. The number of halogens is 1. The van der Waals surface area contributed by atoms with Gasteiger partial charge in [0.15, 0.2) is 0 Å². The first-order valence-corrected chi connectivity index (χ1v) is 7.57. The second-order valence-electron chi connectivity index (χ2n) is 4.90. The van der Waals surface area contributed by atoms with Crippen LogP contribution in [0.25, 0.3) is 0 Å². The zero-order valence-corrected chi connectivity index (χ0v) is 11.9. The highest BCUT2D eigenvalue weighted by Crippen LogP contribution is 2.12. The maximum atomic E-state index is 12.0. The Morgan fingerprint density at radius 1 is 1.41 bits per heavy atom. The third-order valence-corrected chi connectivity index (χ3v) is 3.92. The van der Waals surface area contributed by atoms with E-state index in [1.807, 2.05) is 4.57 Å². The Bertz CT molecular complexity index is 424. The molecular weight excluding hydrogens is 282 g/mol. The average Bonchev–Trinajstić information content (AvgIpc) is 2.65. The molecule has 0 saturated carbocycles. The molecule has 0 N–H and O–H groups in total. The van der Waals surface area contributed by atoms with Crippen molar-refractivity contribution < 1.29 is 0 Å². The molecule has 2 rings (SSSR count). The standard InChI is InChI=1S/C12H20BrN3O/c1-10(5-7-13)6-9-16-12(17)15-8-3-2-4-11(15)14-16/h10H,2-9H2,1H3. The van der Waals surface area contributed by atoms with Gasteiger partial charge in [-0.05, 0) is 31.6 Å². The quantitative estimate of drug-likeness (QED) is 0.782. The molecule has 0 aromatic carbocycles. The van der Waals surface area contributed by atoms with Crippen LogP contribution in [0.3, 0.4) is 0 Å². The number of aryl methyl sites for hydroxylation is 2. The van der Waals surface area contributed by atoms with Crippen molar-refractivity contribution in [2.24, 2.45) is 5.92 Å². The van der Waals surface area contributed by atoms with E-state index >= 15 is 0 Å². The molecule has 0 amide bonds. The van der Waals surface area contributed by atoms with E-state index in [4.69, 9.17) is 0 Å². The van der Waals surface area contributed by atoms with Crippen molar-refractivity contribution in [2.45, 2.75) is 52.1 Å². The second-order valence-corrected chi connectivity index (χ2v) is 5.70. The van der Waals surface area contributed by atoms with Gasteiger partial charge in [-0.1, -0.05) is 22.9 Å². The van der Waals surface area contributed by atoms with E-state index in [-0.39, 0.29) is 5.69 Å². The number of nitrogens with zero attached hydrogens (tertiary/aromatic N) is 3. The number of fused-ring (bicyclic) bond motifs is 1. The third kappa shape index (κ3) is 3.00. The van der Waals surface area contributed by atoms with E-state index in [1.165, 1.54) is 0 Å². The van der Waals surface area contributed by atoms with Crippen LogP contribution in [0.2, 0.25) is 0 Å². The molecule has 1 aliphatic rings. The molecule has 0 fully saturated rings. The highest BCUT2D eigenvalue weighted by atomic mass is 79.9. The van der Waals surface area contributed by atoms with E-state index in [0.29, 0.717) is 5.92 Å². The lowest BCUT2D eigenvalue weighted by atomic mass is 10.1. The monoisotopic (exact) mass is 301 g/mol. The third-order valence-electron chi connectivity index (χ3n) is 3.47. The number of aromatic nitrogens is 3. The van der Waals surface area contributed by atoms with Crippen LogP contribution in [0.5, 0.6) is 0 Å². The van der Waals surface area contributed by atoms with Crippen LogP contribution in [-0.4, -0.2) is 19.7 Å². The van der Waals surface area contributed by atoms with E-state index in [9.17, 15) is 4.79 Å². The van der Waals surface area contributed by atoms with Crippen molar-refractivity contribution in [1.82, 2.24) is 14.3 Å². The molecular formula is C12H20BrN3O. The van der Waals surface area contributed by atoms with Gasteiger partial charge in [0, 0.05) is 24.8 Å². The number of alkyl halides is 1. The predicted octanol–water partition coefficient (Wildman–Crippen LogP) is 2.19. The minimum atomic E-state index is 0.0887. The van der Waals surface area contributed by atoms with Gasteiger partial charge in [-0.15, -0.1) is 0 Å². The summed E-state index contributed by atoms with van der Waals surface area (Å²) in [4.78, 5) is 12.0. The molecule has 1 aliphatic heterocycles. The van der Waals surface area contributed by atoms with Gasteiger partial charge in [0.25, 0.3) is 0 Å². The van der Waals surface area contributed by atoms with Crippen LogP contribution in [0.4, 0.5) is 0 Å². The summed E-state index contributed by atoms with van der Waals surface area (Å²) in [5.74, 6) is 1.62. The van der Waals surface area contributed by atoms with E-state index in [2.05, 4.69) is 28.0 Å². The summed E-state index contributed by atoms with van der Waals surface area (Å²) >= 11 is 3.45. The van der Waals surface area contributed by atoms with Gasteiger partial charge in [0.2, 0.25) is 0 Å². The first kappa shape index (κ1) is 12.9. The molecule has 1 unspecified atom stereocenters. The van der Waals surface area contributed by atoms with Crippen LogP contribution < -0.4 is 5.69 Å². The normalized spacial score (nSPS) is 16.8. The Labute approximate surface area is 110 Å². The van der Waals surface area contributed by atoms with Crippen molar-refractivity contribution in [2.75, 3.05) is 5.33 Å². The van der Waals surface area contributed by atoms with E-state index in [1.54, 1.807) is 4.68 Å². The summed E-state index contributed by atoms with van der Waals surface area (Å²) in [5.41, 5.74) is 0.0887. The van der Waals surface area contributed by atoms with Gasteiger partial charge >= 0.3 is 5.69 Å². The summed E-state index contributed by atoms with van der Waals surface area (Å²) in [6.45, 7) is 3.83. The van der Waals surface area contributed by atoms with Crippen molar-refractivity contribution in [3.05, 3.63) is 16.3 Å². The van der Waals surface area contributed by atoms with Gasteiger partial charge in [-0.3, -0.25) is 4.57 Å². The van der Waals surface area contributed by atoms with E-state index < -0.39 is 0 Å². The topological polar surface area (TPSA) is 39.8 Å². The second kappa shape index (κ2) is 5.85. The minimum absolute atomic E-state index is 0.0887. The molecule has 0 radical (unpaired) electrons. The lowest BCUT2D eigenvalue weighted by molar-refractivity contribution is 0.441. The van der Waals surface area contributed by atoms with Crippen molar-refractivity contribution >= 4 is 15.9 Å². The summed E-state index contributed by atoms with van der Waals surface area (Å²) in [6.07, 6.45) is 5.42. The Morgan fingerprint density at radius 3 is 2.94 bits per heavy atom. The van der Waals surface area contributed by atoms with Crippen LogP contribution in [-0.2, 0) is 19.5 Å². The van der Waals surface area contributed by atoms with Gasteiger partial charge in [-0.25, -0.2) is 9.48 Å². The summed E-state index contributed by atoms with van der Waals surface area (Å²) in [6, 6.07) is 0. The molecule has 0 spiro atoms. The summed E-state index contributed by atoms with van der Waals surface area (Å²) in [5, 5.41) is 5.47. The maximum Gasteiger partial charge on any atom is 0.345 e. The SMILES string of the molecule is CC(CCBr)CCn1nc2n(c1=O)CCCC2. The molecule has 1 aromatic rings. The highest BCUT2D eigenvalue weighted by molar-refractivity contribution is 9.09. The smallest absolute Gasteiger partial charge is 0.279 e. The Hall–Kier alpha value is -0.580. The van der Waals surface area contributed by atoms with Gasteiger partial charge in [0.1, 0.15) is 5.82 Å². The van der Waals surface area contributed by atoms with Gasteiger partial charge in [-0.2, -0.15) is 5.10 Å². The first-order valence-electron chi connectivity index (χ1n) is 6.45. The fourth-order valence-electron chi connectivity index (χ4n) is 2.27. The van der Waals surface area contributed by atoms with Crippen LogP contribution in [0, 0.1) is 5.92 Å². The maximum absolute atomic E-state index is 12.0. The fourth-order valence-corrected chi connectivity index (χ4v) is 3.05. The summed E-state index contributed by atoms with van der Waals surface area (Å²) in [7, 11) is 0. The van der Waals surface area contributed by atoms with Crippen LogP contribution in [0.1, 0.15) is 38.4 Å². The number of hydrogen-bond donors (Lipinski definition) is 0. The number of hydrogen-bond acceptors (Lipinski definition) is 2. The average molecular weight is 302 g/mol. The first-order chi connectivity index (χ1) is 8.22. The predicted molar refractivity (Wildman–Crippen MR) is 71.6 cm³/mol. The number of rotatable bonds is 5. The minimum Gasteiger partial charge on any atom is -0.279 e. The molecule has 0 bridgehead atoms. The van der Waals surface area contributed by atoms with Crippen molar-refractivity contribution in [1.29, 1.82) is 0 Å². The highest BCUT2D eigenvalue weighted by Gasteiger charge is 2.16. The fraction of sp³-hybridized carbons (Fsp3) is 0.833. The lowest BCUT2D eigenvalue weighted by Crippen LogP contribution is -2.27. The van der Waals surface area contributed by atoms with Crippen LogP contribution >= 0.6 is 15.9 Å². The van der Waals surface area contributed by atoms with E-state index in [0.717, 1.165) is 56.3 Å². The lowest BCUT2D eigenvalue weighted by Gasteiger charge is -2.09. The molecule has 0 saturated heterocycles. The van der Waals surface area contributed by atoms with Crippen molar-refractivity contribution in [3.8, 4) is 0 Å². The molecule has 1 atom stereocenters. The molecule has 17 heavy (non-hydrogen) atoms. The Balaban J connectivity index is 2.02. The Morgan fingerprint density at radius 2 is 2.24 bits per heavy atom. The van der Waals surface area contributed by atoms with Gasteiger partial charge in [0.05, 0.1) is 0 Å². The molecule has 4 nitrogen and oxygen atoms in total. The largest absolute Gasteiger partial charge is 0.345 e. The van der Waals surface area contributed by atoms with Gasteiger partial charge < -0.3 is 0 Å². The van der Waals surface area contributed by atoms with Crippen LogP contribution in [0.15, 0.2) is 4.79 Å². The molecule has 5 heteroatoms. The molecule has 96 valence electrons. The Kier molecular flexibility index (Phi) is 4.42. The molecule has 2 heterocycles. The molecule has 0 aliphatic carbocycles. The summed E-state index contributed by atoms with van der Waals surface area (Å²) < 4.78 is 3.50. The zero-order valence-electron chi connectivity index (χ0n) is 10.4.